The molecule has 0 radical (unpaired) electrons. The minimum absolute atomic E-state index is 0.505. The van der Waals surface area contributed by atoms with E-state index in [1.807, 2.05) is 18.2 Å². The molecule has 2 heteroatoms. The van der Waals surface area contributed by atoms with E-state index in [1.54, 1.807) is 0 Å². The van der Waals surface area contributed by atoms with Gasteiger partial charge in [-0.15, -0.1) is 0 Å². The third-order valence-electron chi connectivity index (χ3n) is 1.99. The minimum Gasteiger partial charge on any atom is -0.287 e. The maximum Gasteiger partial charge on any atom is 0.0868 e. The molecule has 68 valence electrons. The Morgan fingerprint density at radius 1 is 1.31 bits per heavy atom. The van der Waals surface area contributed by atoms with Crippen molar-refractivity contribution in [1.29, 1.82) is 5.26 Å². The lowest BCUT2D eigenvalue weighted by Crippen LogP contribution is -2.22. The van der Waals surface area contributed by atoms with Gasteiger partial charge in [0.15, 0.2) is 0 Å². The third kappa shape index (κ3) is 3.27. The van der Waals surface area contributed by atoms with E-state index in [0.717, 1.165) is 13.1 Å². The Balaban J connectivity index is 2.53. The van der Waals surface area contributed by atoms with Crippen LogP contribution in [0.5, 0.6) is 0 Å². The summed E-state index contributed by atoms with van der Waals surface area (Å²) in [6.07, 6.45) is 0. The molecule has 13 heavy (non-hydrogen) atoms. The van der Waals surface area contributed by atoms with Crippen molar-refractivity contribution >= 4 is 0 Å². The van der Waals surface area contributed by atoms with Gasteiger partial charge in [0.25, 0.3) is 0 Å². The first-order valence-corrected chi connectivity index (χ1v) is 4.50. The molecule has 1 aromatic carbocycles. The summed E-state index contributed by atoms with van der Waals surface area (Å²) in [4.78, 5) is 2.11. The van der Waals surface area contributed by atoms with Crippen LogP contribution in [0.1, 0.15) is 12.5 Å². The molecule has 0 aromatic heterocycles. The third-order valence-corrected chi connectivity index (χ3v) is 1.99. The van der Waals surface area contributed by atoms with Gasteiger partial charge in [0, 0.05) is 6.54 Å². The fourth-order valence-electron chi connectivity index (χ4n) is 1.22. The molecule has 0 unspecified atom stereocenters. The van der Waals surface area contributed by atoms with Crippen molar-refractivity contribution in [3.63, 3.8) is 0 Å². The van der Waals surface area contributed by atoms with Gasteiger partial charge in [-0.3, -0.25) is 4.90 Å². The molecule has 0 aliphatic carbocycles. The van der Waals surface area contributed by atoms with Crippen LogP contribution in [-0.4, -0.2) is 18.0 Å². The van der Waals surface area contributed by atoms with Crippen LogP contribution in [0, 0.1) is 11.3 Å². The van der Waals surface area contributed by atoms with Crippen LogP contribution in [-0.2, 0) is 6.54 Å². The number of hydrogen-bond donors (Lipinski definition) is 0. The topological polar surface area (TPSA) is 27.0 Å². The highest BCUT2D eigenvalue weighted by Gasteiger charge is 2.01. The summed E-state index contributed by atoms with van der Waals surface area (Å²) >= 11 is 0. The highest BCUT2D eigenvalue weighted by molar-refractivity contribution is 5.14. The van der Waals surface area contributed by atoms with Gasteiger partial charge in [0.2, 0.25) is 0 Å². The standard InChI is InChI=1S/C11H14N2/c1-2-13(9-8-12)10-11-6-4-3-5-7-11/h3-7H,2,9-10H2,1H3. The lowest BCUT2D eigenvalue weighted by Gasteiger charge is -2.16. The van der Waals surface area contributed by atoms with Gasteiger partial charge in [-0.05, 0) is 12.1 Å². The highest BCUT2D eigenvalue weighted by atomic mass is 15.1. The predicted octanol–water partition coefficient (Wildman–Crippen LogP) is 2.03. The van der Waals surface area contributed by atoms with Crippen molar-refractivity contribution in [2.45, 2.75) is 13.5 Å². The van der Waals surface area contributed by atoms with Crippen molar-refractivity contribution in [2.24, 2.45) is 0 Å². The zero-order valence-electron chi connectivity index (χ0n) is 7.90. The summed E-state index contributed by atoms with van der Waals surface area (Å²) in [6.45, 7) is 4.36. The molecule has 1 rings (SSSR count). The second-order valence-corrected chi connectivity index (χ2v) is 2.95. The number of nitriles is 1. The second-order valence-electron chi connectivity index (χ2n) is 2.95. The monoisotopic (exact) mass is 174 g/mol. The first-order valence-electron chi connectivity index (χ1n) is 4.50. The first-order chi connectivity index (χ1) is 6.36. The van der Waals surface area contributed by atoms with E-state index < -0.39 is 0 Å². The number of benzene rings is 1. The quantitative estimate of drug-likeness (QED) is 0.653. The Morgan fingerprint density at radius 3 is 2.54 bits per heavy atom. The summed E-state index contributed by atoms with van der Waals surface area (Å²) in [7, 11) is 0. The van der Waals surface area contributed by atoms with Gasteiger partial charge in [0.05, 0.1) is 12.6 Å². The largest absolute Gasteiger partial charge is 0.287 e. The summed E-state index contributed by atoms with van der Waals surface area (Å²) in [5.74, 6) is 0. The molecule has 0 saturated carbocycles. The van der Waals surface area contributed by atoms with Crippen LogP contribution in [0.2, 0.25) is 0 Å². The van der Waals surface area contributed by atoms with E-state index in [4.69, 9.17) is 5.26 Å². The van der Waals surface area contributed by atoms with Crippen molar-refractivity contribution in [3.05, 3.63) is 35.9 Å². The van der Waals surface area contributed by atoms with Crippen molar-refractivity contribution in [2.75, 3.05) is 13.1 Å². The predicted molar refractivity (Wildman–Crippen MR) is 53.0 cm³/mol. The fraction of sp³-hybridized carbons (Fsp3) is 0.364. The smallest absolute Gasteiger partial charge is 0.0868 e. The van der Waals surface area contributed by atoms with Crippen LogP contribution in [0.15, 0.2) is 30.3 Å². The van der Waals surface area contributed by atoms with Gasteiger partial charge in [-0.1, -0.05) is 37.3 Å². The van der Waals surface area contributed by atoms with E-state index in [-0.39, 0.29) is 0 Å². The summed E-state index contributed by atoms with van der Waals surface area (Å²) in [5.41, 5.74) is 1.26. The maximum absolute atomic E-state index is 8.55. The Hall–Kier alpha value is -1.33. The van der Waals surface area contributed by atoms with Gasteiger partial charge < -0.3 is 0 Å². The molecule has 0 aliphatic rings. The van der Waals surface area contributed by atoms with Crippen LogP contribution in [0.4, 0.5) is 0 Å². The van der Waals surface area contributed by atoms with Gasteiger partial charge >= 0.3 is 0 Å². The number of rotatable bonds is 4. The lowest BCUT2D eigenvalue weighted by molar-refractivity contribution is 0.315. The Bertz CT molecular complexity index is 274. The van der Waals surface area contributed by atoms with Gasteiger partial charge in [0.1, 0.15) is 0 Å². The Labute approximate surface area is 79.4 Å². The van der Waals surface area contributed by atoms with Crippen molar-refractivity contribution < 1.29 is 0 Å². The molecule has 2 nitrogen and oxygen atoms in total. The van der Waals surface area contributed by atoms with Crippen LogP contribution < -0.4 is 0 Å². The van der Waals surface area contributed by atoms with E-state index >= 15 is 0 Å². The van der Waals surface area contributed by atoms with Gasteiger partial charge in [-0.25, -0.2) is 0 Å². The zero-order chi connectivity index (χ0) is 9.52. The fourth-order valence-corrected chi connectivity index (χ4v) is 1.22. The number of hydrogen-bond acceptors (Lipinski definition) is 2. The molecule has 0 fully saturated rings. The van der Waals surface area contributed by atoms with Crippen LogP contribution in [0.3, 0.4) is 0 Å². The highest BCUT2D eigenvalue weighted by Crippen LogP contribution is 2.02. The summed E-state index contributed by atoms with van der Waals surface area (Å²) < 4.78 is 0. The van der Waals surface area contributed by atoms with Crippen LogP contribution in [0.25, 0.3) is 0 Å². The summed E-state index contributed by atoms with van der Waals surface area (Å²) in [5, 5.41) is 8.55. The molecule has 0 spiro atoms. The van der Waals surface area contributed by atoms with E-state index in [2.05, 4.69) is 30.0 Å². The molecule has 0 saturated heterocycles. The van der Waals surface area contributed by atoms with E-state index in [9.17, 15) is 0 Å². The van der Waals surface area contributed by atoms with Crippen molar-refractivity contribution in [1.82, 2.24) is 4.90 Å². The number of nitrogens with zero attached hydrogens (tertiary/aromatic N) is 2. The van der Waals surface area contributed by atoms with E-state index in [1.165, 1.54) is 5.56 Å². The molecule has 0 amide bonds. The zero-order valence-corrected chi connectivity index (χ0v) is 7.90. The van der Waals surface area contributed by atoms with Crippen LogP contribution >= 0.6 is 0 Å². The maximum atomic E-state index is 8.55. The second kappa shape index (κ2) is 5.34. The molecule has 0 heterocycles. The van der Waals surface area contributed by atoms with Gasteiger partial charge in [-0.2, -0.15) is 5.26 Å². The molecular formula is C11H14N2. The average molecular weight is 174 g/mol. The first kappa shape index (κ1) is 9.76. The average Bonchev–Trinajstić information content (AvgIpc) is 2.19. The molecule has 0 N–H and O–H groups in total. The lowest BCUT2D eigenvalue weighted by atomic mass is 10.2. The normalized spacial score (nSPS) is 9.92. The molecule has 0 bridgehead atoms. The Morgan fingerprint density at radius 2 is 2.00 bits per heavy atom. The molecule has 0 aliphatic heterocycles. The van der Waals surface area contributed by atoms with E-state index in [0.29, 0.717) is 6.54 Å². The molecule has 0 atom stereocenters. The molecular weight excluding hydrogens is 160 g/mol. The minimum atomic E-state index is 0.505. The summed E-state index contributed by atoms with van der Waals surface area (Å²) in [6, 6.07) is 12.4. The SMILES string of the molecule is CCN(CC#N)Cc1ccccc1. The molecule has 1 aromatic rings. The Kier molecular flexibility index (Phi) is 4.01. The van der Waals surface area contributed by atoms with Crippen molar-refractivity contribution in [3.8, 4) is 6.07 Å².